The lowest BCUT2D eigenvalue weighted by Gasteiger charge is -2.05. The molecule has 0 fully saturated rings. The maximum absolute atomic E-state index is 6.38. The zero-order valence-corrected chi connectivity index (χ0v) is 17.5. The fraction of sp³-hybridized carbons (Fsp3) is 0.0435. The number of halogens is 2. The van der Waals surface area contributed by atoms with E-state index in [0.29, 0.717) is 16.6 Å². The highest BCUT2D eigenvalue weighted by Gasteiger charge is 2.17. The van der Waals surface area contributed by atoms with Crippen molar-refractivity contribution in [1.82, 2.24) is 14.8 Å². The molecule has 0 saturated heterocycles. The Morgan fingerprint density at radius 3 is 2.48 bits per heavy atom. The first-order valence-corrected chi connectivity index (χ1v) is 10.7. The van der Waals surface area contributed by atoms with Crippen molar-refractivity contribution in [2.24, 2.45) is 0 Å². The molecule has 6 heteroatoms. The Balaban J connectivity index is 1.62. The van der Waals surface area contributed by atoms with Crippen LogP contribution in [0.2, 0.25) is 10.0 Å². The van der Waals surface area contributed by atoms with Gasteiger partial charge in [0.05, 0.1) is 22.3 Å². The average molecular weight is 436 g/mol. The number of aromatic nitrogens is 3. The van der Waals surface area contributed by atoms with Crippen LogP contribution in [0, 0.1) is 0 Å². The fourth-order valence-corrected chi connectivity index (χ4v) is 4.72. The van der Waals surface area contributed by atoms with E-state index in [1.54, 1.807) is 17.4 Å². The Labute approximate surface area is 182 Å². The summed E-state index contributed by atoms with van der Waals surface area (Å²) in [5.74, 6) is 0. The number of nitrogens with zero attached hydrogens (tertiary/aromatic N) is 3. The van der Waals surface area contributed by atoms with Gasteiger partial charge in [-0.05, 0) is 29.8 Å². The summed E-state index contributed by atoms with van der Waals surface area (Å²) >= 11 is 14.1. The van der Waals surface area contributed by atoms with E-state index in [1.165, 1.54) is 0 Å². The third-order valence-electron chi connectivity index (χ3n) is 4.68. The third-order valence-corrected chi connectivity index (χ3v) is 6.34. The van der Waals surface area contributed by atoms with Crippen molar-refractivity contribution >= 4 is 44.8 Å². The first-order chi connectivity index (χ1) is 14.2. The molecule has 142 valence electrons. The maximum Gasteiger partial charge on any atom is 0.128 e. The summed E-state index contributed by atoms with van der Waals surface area (Å²) in [5.41, 5.74) is 4.95. The number of hydrogen-bond acceptors (Lipinski definition) is 3. The van der Waals surface area contributed by atoms with Gasteiger partial charge in [-0.25, -0.2) is 4.98 Å². The van der Waals surface area contributed by atoms with Crippen LogP contribution >= 0.6 is 34.5 Å². The van der Waals surface area contributed by atoms with Crippen molar-refractivity contribution in [1.29, 1.82) is 0 Å². The topological polar surface area (TPSA) is 30.7 Å². The predicted molar refractivity (Wildman–Crippen MR) is 122 cm³/mol. The number of benzene rings is 3. The molecule has 3 nitrogen and oxygen atoms in total. The number of rotatable bonds is 4. The molecule has 0 radical (unpaired) electrons. The number of fused-ring (bicyclic) bond motifs is 1. The smallest absolute Gasteiger partial charge is 0.128 e. The van der Waals surface area contributed by atoms with Crippen molar-refractivity contribution in [3.63, 3.8) is 0 Å². The Kier molecular flexibility index (Phi) is 4.84. The zero-order chi connectivity index (χ0) is 19.8. The lowest BCUT2D eigenvalue weighted by molar-refractivity contribution is 0.689. The molecule has 5 aromatic rings. The number of thiazole rings is 1. The van der Waals surface area contributed by atoms with Gasteiger partial charge in [-0.15, -0.1) is 11.3 Å². The summed E-state index contributed by atoms with van der Waals surface area (Å²) in [4.78, 5) is 4.84. The van der Waals surface area contributed by atoms with Crippen LogP contribution in [0.5, 0.6) is 0 Å². The molecule has 0 aliphatic carbocycles. The molecule has 0 spiro atoms. The number of para-hydroxylation sites is 1. The monoisotopic (exact) mass is 435 g/mol. The molecular formula is C23H15Cl2N3S. The zero-order valence-electron chi connectivity index (χ0n) is 15.2. The predicted octanol–water partition coefficient (Wildman–Crippen LogP) is 7.18. The quantitative estimate of drug-likeness (QED) is 0.299. The van der Waals surface area contributed by atoms with Crippen LogP contribution in [0.1, 0.15) is 5.56 Å². The molecule has 29 heavy (non-hydrogen) atoms. The van der Waals surface area contributed by atoms with E-state index >= 15 is 0 Å². The van der Waals surface area contributed by atoms with Crippen molar-refractivity contribution in [2.75, 3.05) is 0 Å². The number of hydrogen-bond donors (Lipinski definition) is 0. The first kappa shape index (κ1) is 18.4. The lowest BCUT2D eigenvalue weighted by Crippen LogP contribution is -2.01. The highest BCUT2D eigenvalue weighted by atomic mass is 35.5. The molecule has 2 aromatic heterocycles. The third kappa shape index (κ3) is 3.67. The van der Waals surface area contributed by atoms with E-state index in [2.05, 4.69) is 18.2 Å². The van der Waals surface area contributed by atoms with Gasteiger partial charge in [0, 0.05) is 21.8 Å². The van der Waals surface area contributed by atoms with Crippen molar-refractivity contribution in [3.05, 3.63) is 94.6 Å². The molecule has 0 amide bonds. The molecule has 2 heterocycles. The van der Waals surface area contributed by atoms with Gasteiger partial charge in [0.15, 0.2) is 0 Å². The molecule has 0 aliphatic rings. The van der Waals surface area contributed by atoms with Crippen molar-refractivity contribution < 1.29 is 0 Å². The molecule has 3 aromatic carbocycles. The Morgan fingerprint density at radius 1 is 0.897 bits per heavy atom. The van der Waals surface area contributed by atoms with E-state index in [4.69, 9.17) is 33.3 Å². The Morgan fingerprint density at radius 2 is 1.69 bits per heavy atom. The molecule has 0 bridgehead atoms. The minimum Gasteiger partial charge on any atom is -0.267 e. The highest BCUT2D eigenvalue weighted by molar-refractivity contribution is 7.21. The summed E-state index contributed by atoms with van der Waals surface area (Å²) in [6.07, 6.45) is 2.05. The van der Waals surface area contributed by atoms with Crippen LogP contribution in [0.3, 0.4) is 0 Å². The van der Waals surface area contributed by atoms with Gasteiger partial charge in [-0.2, -0.15) is 5.10 Å². The molecule has 0 atom stereocenters. The van der Waals surface area contributed by atoms with Crippen LogP contribution in [0.25, 0.3) is 32.0 Å². The molecule has 0 unspecified atom stereocenters. The van der Waals surface area contributed by atoms with Crippen LogP contribution < -0.4 is 0 Å². The van der Waals surface area contributed by atoms with Gasteiger partial charge in [-0.3, -0.25) is 4.68 Å². The molecule has 5 rings (SSSR count). The largest absolute Gasteiger partial charge is 0.267 e. The standard InChI is InChI=1S/C23H15Cl2N3S/c24-17-11-10-16(19(25)12-17)13-28-14-18(22(27-28)15-6-2-1-3-7-15)23-26-20-8-4-5-9-21(20)29-23/h1-12,14H,13H2. The lowest BCUT2D eigenvalue weighted by atomic mass is 10.1. The van der Waals surface area contributed by atoms with Gasteiger partial charge in [0.25, 0.3) is 0 Å². The van der Waals surface area contributed by atoms with Gasteiger partial charge in [-0.1, -0.05) is 71.7 Å². The SMILES string of the molecule is Clc1ccc(Cn2cc(-c3nc4ccccc4s3)c(-c3ccccc3)n2)c(Cl)c1. The molecule has 0 aliphatic heterocycles. The Bertz CT molecular complexity index is 1280. The van der Waals surface area contributed by atoms with E-state index in [-0.39, 0.29) is 0 Å². The van der Waals surface area contributed by atoms with Crippen molar-refractivity contribution in [3.8, 4) is 21.8 Å². The van der Waals surface area contributed by atoms with E-state index in [1.807, 2.05) is 59.4 Å². The summed E-state index contributed by atoms with van der Waals surface area (Å²) < 4.78 is 3.08. The van der Waals surface area contributed by atoms with Crippen LogP contribution in [0.4, 0.5) is 0 Å². The van der Waals surface area contributed by atoms with Gasteiger partial charge >= 0.3 is 0 Å². The van der Waals surface area contributed by atoms with E-state index in [9.17, 15) is 0 Å². The van der Waals surface area contributed by atoms with E-state index in [0.717, 1.165) is 37.6 Å². The molecule has 0 saturated carbocycles. The minimum atomic E-state index is 0.556. The molecule has 0 N–H and O–H groups in total. The summed E-state index contributed by atoms with van der Waals surface area (Å²) in [5, 5.41) is 7.09. The van der Waals surface area contributed by atoms with Crippen LogP contribution in [0.15, 0.2) is 79.0 Å². The van der Waals surface area contributed by atoms with Gasteiger partial charge in [0.1, 0.15) is 10.7 Å². The van der Waals surface area contributed by atoms with Crippen LogP contribution in [-0.4, -0.2) is 14.8 Å². The highest BCUT2D eigenvalue weighted by Crippen LogP contribution is 2.36. The second-order valence-electron chi connectivity index (χ2n) is 6.68. The average Bonchev–Trinajstić information content (AvgIpc) is 3.35. The maximum atomic E-state index is 6.38. The molecular weight excluding hydrogens is 421 g/mol. The van der Waals surface area contributed by atoms with Crippen LogP contribution in [-0.2, 0) is 6.54 Å². The fourth-order valence-electron chi connectivity index (χ4n) is 3.28. The summed E-state index contributed by atoms with van der Waals surface area (Å²) in [6, 6.07) is 23.9. The normalized spacial score (nSPS) is 11.2. The van der Waals surface area contributed by atoms with Gasteiger partial charge in [0.2, 0.25) is 0 Å². The second kappa shape index (κ2) is 7.64. The second-order valence-corrected chi connectivity index (χ2v) is 8.55. The van der Waals surface area contributed by atoms with Gasteiger partial charge < -0.3 is 0 Å². The van der Waals surface area contributed by atoms with Crippen molar-refractivity contribution in [2.45, 2.75) is 6.54 Å². The summed E-state index contributed by atoms with van der Waals surface area (Å²) in [6.45, 7) is 0.556. The Hall–Kier alpha value is -2.66. The summed E-state index contributed by atoms with van der Waals surface area (Å²) in [7, 11) is 0. The van der Waals surface area contributed by atoms with E-state index < -0.39 is 0 Å². The minimum absolute atomic E-state index is 0.556. The first-order valence-electron chi connectivity index (χ1n) is 9.10.